The van der Waals surface area contributed by atoms with Gasteiger partial charge in [0.05, 0.1) is 17.8 Å². The normalized spacial score (nSPS) is 14.3. The number of ether oxygens (including phenoxy) is 1. The second-order valence-corrected chi connectivity index (χ2v) is 11.1. The highest BCUT2D eigenvalue weighted by Crippen LogP contribution is 2.29. The molecular weight excluding hydrogens is 476 g/mol. The molecule has 2 aromatic carbocycles. The molecule has 1 aliphatic rings. The Kier molecular flexibility index (Phi) is 8.36. The van der Waals surface area contributed by atoms with Gasteiger partial charge in [-0.05, 0) is 56.8 Å². The van der Waals surface area contributed by atoms with Crippen molar-refractivity contribution in [2.24, 2.45) is 0 Å². The fourth-order valence-corrected chi connectivity index (χ4v) is 5.21. The van der Waals surface area contributed by atoms with Crippen LogP contribution in [0.2, 0.25) is 0 Å². The number of rotatable bonds is 7. The number of piperazine rings is 1. The first kappa shape index (κ1) is 27.6. The number of fused-ring (bicyclic) bond motifs is 1. The van der Waals surface area contributed by atoms with Crippen molar-refractivity contribution in [3.63, 3.8) is 0 Å². The predicted octanol–water partition coefficient (Wildman–Crippen LogP) is 5.35. The lowest BCUT2D eigenvalue weighted by molar-refractivity contribution is 0.0560. The topological polar surface area (TPSA) is 66.0 Å². The van der Waals surface area contributed by atoms with Crippen molar-refractivity contribution in [2.45, 2.75) is 39.5 Å². The number of amides is 2. The van der Waals surface area contributed by atoms with E-state index in [4.69, 9.17) is 9.72 Å². The molecule has 1 aliphatic heterocycles. The van der Waals surface area contributed by atoms with Crippen LogP contribution < -0.4 is 0 Å². The van der Waals surface area contributed by atoms with Crippen LogP contribution in [-0.2, 0) is 10.2 Å². The second-order valence-electron chi connectivity index (χ2n) is 11.1. The highest BCUT2D eigenvalue weighted by Gasteiger charge is 2.26. The zero-order chi connectivity index (χ0) is 27.4. The second kappa shape index (κ2) is 11.5. The van der Waals surface area contributed by atoms with Gasteiger partial charge in [0.1, 0.15) is 0 Å². The maximum absolute atomic E-state index is 13.3. The highest BCUT2D eigenvalue weighted by molar-refractivity contribution is 5.98. The van der Waals surface area contributed by atoms with E-state index in [1.165, 1.54) is 5.56 Å². The summed E-state index contributed by atoms with van der Waals surface area (Å²) in [6.45, 7) is 11.9. The van der Waals surface area contributed by atoms with E-state index in [0.29, 0.717) is 38.3 Å². The standard InChI is InChI=1S/C31H40N4O3/c1-7-18-38-30(37)35-16-14-34(15-17-35)29(36)24-10-13-26-22(2)19-27(32-28(26)20-24)23-8-11-25(12-9-23)31(3,4)21-33(5)6/h8-13,19-20H,7,14-18,21H2,1-6H3. The maximum Gasteiger partial charge on any atom is 0.409 e. The van der Waals surface area contributed by atoms with E-state index < -0.39 is 0 Å². The van der Waals surface area contributed by atoms with Gasteiger partial charge in [-0.15, -0.1) is 0 Å². The van der Waals surface area contributed by atoms with Gasteiger partial charge in [0.25, 0.3) is 5.91 Å². The number of pyridine rings is 1. The van der Waals surface area contributed by atoms with Gasteiger partial charge in [-0.1, -0.05) is 51.1 Å². The number of carbonyl (C=O) groups is 2. The van der Waals surface area contributed by atoms with Crippen molar-refractivity contribution < 1.29 is 14.3 Å². The Morgan fingerprint density at radius 1 is 0.974 bits per heavy atom. The lowest BCUT2D eigenvalue weighted by Gasteiger charge is -2.34. The quantitative estimate of drug-likeness (QED) is 0.423. The average molecular weight is 517 g/mol. The predicted molar refractivity (Wildman–Crippen MR) is 153 cm³/mol. The van der Waals surface area contributed by atoms with Crippen LogP contribution in [-0.4, -0.2) is 85.1 Å². The summed E-state index contributed by atoms with van der Waals surface area (Å²) >= 11 is 0. The Morgan fingerprint density at radius 2 is 1.63 bits per heavy atom. The molecule has 1 saturated heterocycles. The molecule has 0 unspecified atom stereocenters. The molecule has 0 N–H and O–H groups in total. The smallest absolute Gasteiger partial charge is 0.409 e. The summed E-state index contributed by atoms with van der Waals surface area (Å²) in [5.74, 6) is -0.0363. The molecule has 0 saturated carbocycles. The Bertz CT molecular complexity index is 1290. The maximum atomic E-state index is 13.3. The first-order valence-electron chi connectivity index (χ1n) is 13.5. The van der Waals surface area contributed by atoms with Gasteiger partial charge in [0.2, 0.25) is 0 Å². The molecule has 0 atom stereocenters. The van der Waals surface area contributed by atoms with Crippen molar-refractivity contribution in [1.82, 2.24) is 19.7 Å². The molecule has 202 valence electrons. The fourth-order valence-electron chi connectivity index (χ4n) is 5.21. The Morgan fingerprint density at radius 3 is 2.26 bits per heavy atom. The van der Waals surface area contributed by atoms with Crippen molar-refractivity contribution in [3.05, 3.63) is 65.2 Å². The largest absolute Gasteiger partial charge is 0.449 e. The van der Waals surface area contributed by atoms with Crippen molar-refractivity contribution in [3.8, 4) is 11.3 Å². The van der Waals surface area contributed by atoms with Gasteiger partial charge in [-0.25, -0.2) is 9.78 Å². The van der Waals surface area contributed by atoms with E-state index in [0.717, 1.165) is 40.7 Å². The number of likely N-dealkylation sites (N-methyl/N-ethyl adjacent to an activating group) is 1. The van der Waals surface area contributed by atoms with Crippen LogP contribution in [0, 0.1) is 6.92 Å². The highest BCUT2D eigenvalue weighted by atomic mass is 16.6. The number of nitrogens with zero attached hydrogens (tertiary/aromatic N) is 4. The number of aryl methyl sites for hydroxylation is 1. The molecule has 0 bridgehead atoms. The number of aromatic nitrogens is 1. The molecule has 4 rings (SSSR count). The Hall–Kier alpha value is -3.45. The number of hydrogen-bond donors (Lipinski definition) is 0. The average Bonchev–Trinajstić information content (AvgIpc) is 2.90. The van der Waals surface area contributed by atoms with Gasteiger partial charge in [-0.2, -0.15) is 0 Å². The monoisotopic (exact) mass is 516 g/mol. The van der Waals surface area contributed by atoms with Gasteiger partial charge in [0, 0.05) is 54.7 Å². The van der Waals surface area contributed by atoms with E-state index in [2.05, 4.69) is 70.1 Å². The zero-order valence-electron chi connectivity index (χ0n) is 23.6. The third-order valence-corrected chi connectivity index (χ3v) is 7.19. The summed E-state index contributed by atoms with van der Waals surface area (Å²) in [5, 5.41) is 1.04. The summed E-state index contributed by atoms with van der Waals surface area (Å²) in [4.78, 5) is 36.1. The summed E-state index contributed by atoms with van der Waals surface area (Å²) in [6.07, 6.45) is 0.493. The molecule has 7 heteroatoms. The number of hydrogen-bond acceptors (Lipinski definition) is 5. The Balaban J connectivity index is 1.52. The van der Waals surface area contributed by atoms with Crippen LogP contribution in [0.1, 0.15) is 48.7 Å². The molecule has 3 aromatic rings. The van der Waals surface area contributed by atoms with Crippen LogP contribution in [0.4, 0.5) is 4.79 Å². The van der Waals surface area contributed by atoms with Gasteiger partial charge >= 0.3 is 6.09 Å². The minimum absolute atomic E-state index is 0.0363. The molecule has 2 amide bonds. The zero-order valence-corrected chi connectivity index (χ0v) is 23.6. The molecule has 38 heavy (non-hydrogen) atoms. The minimum Gasteiger partial charge on any atom is -0.449 e. The molecule has 2 heterocycles. The molecule has 7 nitrogen and oxygen atoms in total. The summed E-state index contributed by atoms with van der Waals surface area (Å²) in [6, 6.07) is 16.5. The summed E-state index contributed by atoms with van der Waals surface area (Å²) in [7, 11) is 4.20. The summed E-state index contributed by atoms with van der Waals surface area (Å²) in [5.41, 5.74) is 5.84. The molecule has 1 fully saturated rings. The van der Waals surface area contributed by atoms with E-state index in [1.807, 2.05) is 25.1 Å². The molecule has 0 radical (unpaired) electrons. The van der Waals surface area contributed by atoms with E-state index in [1.54, 1.807) is 9.80 Å². The number of benzene rings is 2. The van der Waals surface area contributed by atoms with Crippen LogP contribution in [0.5, 0.6) is 0 Å². The molecule has 0 aliphatic carbocycles. The fraction of sp³-hybridized carbons (Fsp3) is 0.452. The van der Waals surface area contributed by atoms with Crippen LogP contribution in [0.3, 0.4) is 0 Å². The van der Waals surface area contributed by atoms with E-state index in [9.17, 15) is 9.59 Å². The third kappa shape index (κ3) is 6.16. The van der Waals surface area contributed by atoms with Gasteiger partial charge in [-0.3, -0.25) is 4.79 Å². The van der Waals surface area contributed by atoms with E-state index in [-0.39, 0.29) is 17.4 Å². The summed E-state index contributed by atoms with van der Waals surface area (Å²) < 4.78 is 5.23. The molecule has 1 aromatic heterocycles. The number of carbonyl (C=O) groups excluding carboxylic acids is 2. The Labute approximate surface area is 226 Å². The first-order chi connectivity index (χ1) is 18.1. The molecule has 0 spiro atoms. The third-order valence-electron chi connectivity index (χ3n) is 7.19. The van der Waals surface area contributed by atoms with Gasteiger partial charge < -0.3 is 19.4 Å². The lowest BCUT2D eigenvalue weighted by Crippen LogP contribution is -2.50. The van der Waals surface area contributed by atoms with Crippen molar-refractivity contribution >= 4 is 22.9 Å². The van der Waals surface area contributed by atoms with Crippen LogP contribution >= 0.6 is 0 Å². The van der Waals surface area contributed by atoms with Crippen LogP contribution in [0.25, 0.3) is 22.2 Å². The van der Waals surface area contributed by atoms with Crippen molar-refractivity contribution in [1.29, 1.82) is 0 Å². The minimum atomic E-state index is -0.300. The first-order valence-corrected chi connectivity index (χ1v) is 13.5. The van der Waals surface area contributed by atoms with Crippen LogP contribution in [0.15, 0.2) is 48.5 Å². The van der Waals surface area contributed by atoms with Gasteiger partial charge in [0.15, 0.2) is 0 Å². The van der Waals surface area contributed by atoms with E-state index >= 15 is 0 Å². The lowest BCUT2D eigenvalue weighted by atomic mass is 9.83. The molecular formula is C31H40N4O3. The SMILES string of the molecule is CCCOC(=O)N1CCN(C(=O)c2ccc3c(C)cc(-c4ccc(C(C)(C)CN(C)C)cc4)nc3c2)CC1. The van der Waals surface area contributed by atoms with Crippen molar-refractivity contribution in [2.75, 3.05) is 53.4 Å².